The molecule has 1 N–H and O–H groups in total. The standard InChI is InChI=1S/C14H27N/c1-11(2)12-6-5-9-14(10-12)15-13-7-3-4-8-13/h11-15H,3-10H2,1-2H3/t12-,14+/m0/s1. The fourth-order valence-corrected chi connectivity index (χ4v) is 3.41. The molecule has 2 atom stereocenters. The summed E-state index contributed by atoms with van der Waals surface area (Å²) in [7, 11) is 0. The van der Waals surface area contributed by atoms with Crippen LogP contribution >= 0.6 is 0 Å². The molecule has 0 saturated heterocycles. The Hall–Kier alpha value is -0.0400. The van der Waals surface area contributed by atoms with Crippen LogP contribution in [0.25, 0.3) is 0 Å². The van der Waals surface area contributed by atoms with E-state index in [9.17, 15) is 0 Å². The second kappa shape index (κ2) is 5.34. The van der Waals surface area contributed by atoms with Crippen molar-refractivity contribution >= 4 is 0 Å². The maximum absolute atomic E-state index is 3.90. The van der Waals surface area contributed by atoms with Gasteiger partial charge >= 0.3 is 0 Å². The predicted octanol–water partition coefficient (Wildman–Crippen LogP) is 3.73. The summed E-state index contributed by atoms with van der Waals surface area (Å²) < 4.78 is 0. The van der Waals surface area contributed by atoms with Crippen molar-refractivity contribution in [2.75, 3.05) is 0 Å². The molecule has 2 rings (SSSR count). The van der Waals surface area contributed by atoms with Gasteiger partial charge in [-0.3, -0.25) is 0 Å². The molecule has 0 heterocycles. The molecular formula is C14H27N. The summed E-state index contributed by atoms with van der Waals surface area (Å²) in [5.41, 5.74) is 0. The molecule has 0 aromatic rings. The maximum atomic E-state index is 3.90. The summed E-state index contributed by atoms with van der Waals surface area (Å²) in [6.45, 7) is 4.78. The second-order valence-corrected chi connectivity index (χ2v) is 6.02. The lowest BCUT2D eigenvalue weighted by Gasteiger charge is -2.33. The van der Waals surface area contributed by atoms with E-state index in [4.69, 9.17) is 0 Å². The Kier molecular flexibility index (Phi) is 4.07. The Bertz CT molecular complexity index is 180. The average Bonchev–Trinajstić information content (AvgIpc) is 2.71. The molecule has 0 bridgehead atoms. The minimum absolute atomic E-state index is 0.842. The van der Waals surface area contributed by atoms with Crippen molar-refractivity contribution in [3.05, 3.63) is 0 Å². The van der Waals surface area contributed by atoms with Gasteiger partial charge in [0, 0.05) is 12.1 Å². The van der Waals surface area contributed by atoms with Crippen molar-refractivity contribution < 1.29 is 0 Å². The Morgan fingerprint density at radius 3 is 2.20 bits per heavy atom. The molecule has 0 aromatic heterocycles. The molecule has 1 nitrogen and oxygen atoms in total. The van der Waals surface area contributed by atoms with Crippen LogP contribution in [0.4, 0.5) is 0 Å². The van der Waals surface area contributed by atoms with Crippen molar-refractivity contribution in [1.82, 2.24) is 5.32 Å². The van der Waals surface area contributed by atoms with E-state index < -0.39 is 0 Å². The molecule has 2 aliphatic rings. The fraction of sp³-hybridized carbons (Fsp3) is 1.00. The van der Waals surface area contributed by atoms with Crippen LogP contribution < -0.4 is 5.32 Å². The summed E-state index contributed by atoms with van der Waals surface area (Å²) in [5, 5.41) is 3.90. The molecule has 1 heteroatoms. The number of nitrogens with one attached hydrogen (secondary N) is 1. The molecule has 88 valence electrons. The first-order valence-corrected chi connectivity index (χ1v) is 7.01. The van der Waals surface area contributed by atoms with Crippen molar-refractivity contribution in [2.45, 2.75) is 77.3 Å². The van der Waals surface area contributed by atoms with Crippen molar-refractivity contribution in [2.24, 2.45) is 11.8 Å². The SMILES string of the molecule is CC(C)[C@H]1CCC[C@@H](NC2CCCC2)C1. The normalized spacial score (nSPS) is 33.8. The quantitative estimate of drug-likeness (QED) is 0.747. The van der Waals surface area contributed by atoms with E-state index in [1.165, 1.54) is 51.4 Å². The first-order valence-electron chi connectivity index (χ1n) is 7.01. The molecule has 0 aliphatic heterocycles. The largest absolute Gasteiger partial charge is 0.311 e. The van der Waals surface area contributed by atoms with Crippen LogP contribution in [-0.2, 0) is 0 Å². The highest BCUT2D eigenvalue weighted by Gasteiger charge is 2.26. The smallest absolute Gasteiger partial charge is 0.00723 e. The van der Waals surface area contributed by atoms with Gasteiger partial charge in [0.05, 0.1) is 0 Å². The van der Waals surface area contributed by atoms with E-state index in [1.54, 1.807) is 0 Å². The van der Waals surface area contributed by atoms with Gasteiger partial charge in [-0.05, 0) is 37.5 Å². The summed E-state index contributed by atoms with van der Waals surface area (Å²) >= 11 is 0. The zero-order valence-corrected chi connectivity index (χ0v) is 10.5. The Morgan fingerprint density at radius 2 is 1.53 bits per heavy atom. The average molecular weight is 209 g/mol. The van der Waals surface area contributed by atoms with Crippen LogP contribution in [0.15, 0.2) is 0 Å². The molecular weight excluding hydrogens is 182 g/mol. The van der Waals surface area contributed by atoms with Gasteiger partial charge in [0.2, 0.25) is 0 Å². The third kappa shape index (κ3) is 3.21. The van der Waals surface area contributed by atoms with Crippen LogP contribution in [-0.4, -0.2) is 12.1 Å². The van der Waals surface area contributed by atoms with Crippen LogP contribution in [0.5, 0.6) is 0 Å². The van der Waals surface area contributed by atoms with E-state index in [0.717, 1.165) is 23.9 Å². The predicted molar refractivity (Wildman–Crippen MR) is 66.0 cm³/mol. The van der Waals surface area contributed by atoms with Gasteiger partial charge in [0.1, 0.15) is 0 Å². The molecule has 0 amide bonds. The summed E-state index contributed by atoms with van der Waals surface area (Å²) in [4.78, 5) is 0. The van der Waals surface area contributed by atoms with E-state index in [-0.39, 0.29) is 0 Å². The van der Waals surface area contributed by atoms with Crippen molar-refractivity contribution in [1.29, 1.82) is 0 Å². The molecule has 0 aromatic carbocycles. The third-order valence-corrected chi connectivity index (χ3v) is 4.48. The Labute approximate surface area is 95.0 Å². The van der Waals surface area contributed by atoms with E-state index in [1.807, 2.05) is 0 Å². The molecule has 0 unspecified atom stereocenters. The zero-order valence-electron chi connectivity index (χ0n) is 10.5. The van der Waals surface area contributed by atoms with Gasteiger partial charge in [0.15, 0.2) is 0 Å². The van der Waals surface area contributed by atoms with Crippen LogP contribution in [0, 0.1) is 11.8 Å². The summed E-state index contributed by atoms with van der Waals surface area (Å²) in [6.07, 6.45) is 11.6. The van der Waals surface area contributed by atoms with Crippen molar-refractivity contribution in [3.63, 3.8) is 0 Å². The minimum Gasteiger partial charge on any atom is -0.311 e. The zero-order chi connectivity index (χ0) is 10.7. The van der Waals surface area contributed by atoms with Crippen LogP contribution in [0.2, 0.25) is 0 Å². The lowest BCUT2D eigenvalue weighted by molar-refractivity contribution is 0.220. The molecule has 2 fully saturated rings. The Morgan fingerprint density at radius 1 is 0.867 bits per heavy atom. The van der Waals surface area contributed by atoms with Crippen LogP contribution in [0.3, 0.4) is 0 Å². The van der Waals surface area contributed by atoms with Gasteiger partial charge in [-0.15, -0.1) is 0 Å². The van der Waals surface area contributed by atoms with E-state index >= 15 is 0 Å². The minimum atomic E-state index is 0.842. The first kappa shape index (κ1) is 11.4. The van der Waals surface area contributed by atoms with Gasteiger partial charge in [-0.1, -0.05) is 39.5 Å². The van der Waals surface area contributed by atoms with E-state index in [0.29, 0.717) is 0 Å². The van der Waals surface area contributed by atoms with E-state index in [2.05, 4.69) is 19.2 Å². The molecule has 0 radical (unpaired) electrons. The molecule has 2 saturated carbocycles. The Balaban J connectivity index is 1.76. The van der Waals surface area contributed by atoms with Crippen LogP contribution in [0.1, 0.15) is 65.2 Å². The fourth-order valence-electron chi connectivity index (χ4n) is 3.41. The number of rotatable bonds is 3. The highest BCUT2D eigenvalue weighted by molar-refractivity contribution is 4.84. The first-order chi connectivity index (χ1) is 7.25. The maximum Gasteiger partial charge on any atom is 0.00723 e. The molecule has 2 aliphatic carbocycles. The lowest BCUT2D eigenvalue weighted by atomic mass is 9.79. The highest BCUT2D eigenvalue weighted by atomic mass is 15.0. The highest BCUT2D eigenvalue weighted by Crippen LogP contribution is 2.31. The molecule has 15 heavy (non-hydrogen) atoms. The van der Waals surface area contributed by atoms with Gasteiger partial charge in [-0.2, -0.15) is 0 Å². The number of hydrogen-bond donors (Lipinski definition) is 1. The monoisotopic (exact) mass is 209 g/mol. The summed E-state index contributed by atoms with van der Waals surface area (Å²) in [5.74, 6) is 1.87. The van der Waals surface area contributed by atoms with Gasteiger partial charge in [-0.25, -0.2) is 0 Å². The van der Waals surface area contributed by atoms with Crippen molar-refractivity contribution in [3.8, 4) is 0 Å². The summed E-state index contributed by atoms with van der Waals surface area (Å²) in [6, 6.07) is 1.70. The molecule has 0 spiro atoms. The van der Waals surface area contributed by atoms with Gasteiger partial charge in [0.25, 0.3) is 0 Å². The third-order valence-electron chi connectivity index (χ3n) is 4.48. The second-order valence-electron chi connectivity index (χ2n) is 6.02. The number of hydrogen-bond acceptors (Lipinski definition) is 1. The topological polar surface area (TPSA) is 12.0 Å². The lowest BCUT2D eigenvalue weighted by Crippen LogP contribution is -2.40. The van der Waals surface area contributed by atoms with Gasteiger partial charge < -0.3 is 5.32 Å².